The van der Waals surface area contributed by atoms with E-state index >= 15 is 0 Å². The molecule has 5 N–H and O–H groups in total. The third-order valence-corrected chi connectivity index (χ3v) is 14.6. The number of morpholine rings is 2. The van der Waals surface area contributed by atoms with Gasteiger partial charge in [0, 0.05) is 118 Å². The van der Waals surface area contributed by atoms with Gasteiger partial charge in [0.15, 0.2) is 0 Å². The second-order valence-electron chi connectivity index (χ2n) is 20.1. The highest BCUT2D eigenvalue weighted by Crippen LogP contribution is 2.37. The van der Waals surface area contributed by atoms with Crippen molar-refractivity contribution >= 4 is 92.2 Å². The predicted octanol–water partition coefficient (Wildman–Crippen LogP) is 6.18. The number of amides is 3. The van der Waals surface area contributed by atoms with E-state index in [4.69, 9.17) is 26.8 Å². The lowest BCUT2D eigenvalue weighted by molar-refractivity contribution is -0.117. The number of nitrogens with zero attached hydrogens (tertiary/aromatic N) is 10. The number of hydrogen-bond donors (Lipinski definition) is 4. The molecule has 8 heterocycles. The number of carbonyl (C=O) groups is 4. The molecule has 0 bridgehead atoms. The van der Waals surface area contributed by atoms with Gasteiger partial charge in [0.1, 0.15) is 24.3 Å². The quantitative estimate of drug-likeness (QED) is 0.0663. The summed E-state index contributed by atoms with van der Waals surface area (Å²) in [5.41, 5.74) is 19.7. The van der Waals surface area contributed by atoms with Crippen molar-refractivity contribution in [1.82, 2.24) is 35.2 Å². The number of fused-ring (bicyclic) bond motifs is 2. The molecule has 3 amide bonds. The van der Waals surface area contributed by atoms with Gasteiger partial charge in [-0.1, -0.05) is 44.8 Å². The first-order valence-electron chi connectivity index (χ1n) is 26.9. The van der Waals surface area contributed by atoms with Gasteiger partial charge < -0.3 is 50.8 Å². The minimum atomic E-state index is -0.509. The Morgan fingerprint density at radius 2 is 1.02 bits per heavy atom. The van der Waals surface area contributed by atoms with Gasteiger partial charge in [-0.05, 0) is 107 Å². The number of halogens is 1. The van der Waals surface area contributed by atoms with E-state index in [1.54, 1.807) is 25.0 Å². The number of pyridine rings is 2. The van der Waals surface area contributed by atoms with Crippen molar-refractivity contribution in [2.24, 2.45) is 5.73 Å². The number of allylic oxidation sites excluding steroid dienone is 3. The van der Waals surface area contributed by atoms with Gasteiger partial charge in [0.05, 0.1) is 68.1 Å². The Bertz CT molecular complexity index is 3350. The topological polar surface area (TPSA) is 239 Å². The third-order valence-electron chi connectivity index (χ3n) is 14.4. The molecule has 4 saturated heterocycles. The van der Waals surface area contributed by atoms with E-state index in [1.807, 2.05) is 72.8 Å². The fraction of sp³-hybridized carbons (Fsp3) is 0.311. The number of nitrogens with one attached hydrogen (secondary N) is 3. The molecule has 0 radical (unpaired) electrons. The van der Waals surface area contributed by atoms with Crippen molar-refractivity contribution in [3.63, 3.8) is 0 Å². The lowest BCUT2D eigenvalue weighted by atomic mass is 10.0. The van der Waals surface area contributed by atoms with E-state index < -0.39 is 5.24 Å². The molecule has 0 saturated carbocycles. The molecular formula is C61H67ClN14O6. The average Bonchev–Trinajstić information content (AvgIpc) is 4.28. The summed E-state index contributed by atoms with van der Waals surface area (Å²) in [5.74, 6) is 1.57. The zero-order valence-corrected chi connectivity index (χ0v) is 45.6. The van der Waals surface area contributed by atoms with Gasteiger partial charge in [-0.25, -0.2) is 19.9 Å². The van der Waals surface area contributed by atoms with Crippen LogP contribution in [0.2, 0.25) is 0 Å². The molecule has 82 heavy (non-hydrogen) atoms. The fourth-order valence-corrected chi connectivity index (χ4v) is 10.2. The molecule has 0 unspecified atom stereocenters. The highest BCUT2D eigenvalue weighted by molar-refractivity contribution is 6.66. The molecule has 4 aliphatic heterocycles. The maximum atomic E-state index is 12.8. The monoisotopic (exact) mass is 1130 g/mol. The first kappa shape index (κ1) is 58.0. The van der Waals surface area contributed by atoms with Gasteiger partial charge in [0.25, 0.3) is 0 Å². The minimum absolute atomic E-state index is 0. The van der Waals surface area contributed by atoms with Crippen LogP contribution in [0.4, 0.5) is 34.4 Å². The lowest BCUT2D eigenvalue weighted by Crippen LogP contribution is -2.59. The Hall–Kier alpha value is -8.69. The average molecular weight is 1130 g/mol. The normalized spacial score (nSPS) is 16.1. The largest absolute Gasteiger partial charge is 0.378 e. The van der Waals surface area contributed by atoms with Crippen LogP contribution in [-0.2, 0) is 54.3 Å². The van der Waals surface area contributed by atoms with E-state index in [1.165, 1.54) is 17.2 Å². The standard InChI is InChI=1S/C30H31N7O3.C27H29N7O2.C3H3ClO.CH4/c1-2-28(38)35-24-17-37(18-24)25-7-8-31-23(15-25)16-29(39)34-22-5-3-20(4-6-22)21-13-26-27(14-21)32-19-33-30(26)36-9-11-40-12-10-36;28-20-15-34(16-20)23-5-6-29-22(13-23)14-26(35)32-21-3-1-18(2-4-21)19-11-24-25(12-19)30-17-31-27(24)33-7-9-36-10-8-33;1-2-3(4)5;/h2-8,13,15,19,24H,1,9-12,14,16-18H2,(H,34,39)(H,35,38);1-6,11,13,17,20H,7-10,12,14-16,28H2,(H,32,35);2H,1H2;1H4. The minimum Gasteiger partial charge on any atom is -0.378 e. The zero-order valence-electron chi connectivity index (χ0n) is 44.8. The van der Waals surface area contributed by atoms with Gasteiger partial charge in [-0.2, -0.15) is 0 Å². The first-order valence-corrected chi connectivity index (χ1v) is 27.3. The highest BCUT2D eigenvalue weighted by atomic mass is 35.5. The van der Waals surface area contributed by atoms with Crippen LogP contribution in [0.1, 0.15) is 52.5 Å². The van der Waals surface area contributed by atoms with E-state index in [-0.39, 0.29) is 50.1 Å². The van der Waals surface area contributed by atoms with Crippen LogP contribution in [0.3, 0.4) is 0 Å². The molecule has 2 aliphatic carbocycles. The van der Waals surface area contributed by atoms with E-state index in [0.717, 1.165) is 145 Å². The summed E-state index contributed by atoms with van der Waals surface area (Å²) in [7, 11) is 0. The van der Waals surface area contributed by atoms with E-state index in [2.05, 4.69) is 90.8 Å². The SMILES string of the molecule is C.C=CC(=O)Cl.C=CC(=O)NC1CN(c2ccnc(CC(=O)Nc3ccc(C4=Cc5c(ncnc5N5CCOCC5)C4)cc3)c2)C1.NC1CN(c2ccnc(CC(=O)Nc3ccc(C4=Cc5c(ncnc5N5CCOCC5)C4)cc3)c2)C1. The molecule has 20 nitrogen and oxygen atoms in total. The maximum Gasteiger partial charge on any atom is 0.244 e. The summed E-state index contributed by atoms with van der Waals surface area (Å²) in [6.45, 7) is 15.9. The van der Waals surface area contributed by atoms with E-state index in [9.17, 15) is 19.2 Å². The fourth-order valence-electron chi connectivity index (χ4n) is 10.2. The van der Waals surface area contributed by atoms with Gasteiger partial charge in [-0.15, -0.1) is 0 Å². The Kier molecular flexibility index (Phi) is 19.2. The molecule has 21 heteroatoms. The summed E-state index contributed by atoms with van der Waals surface area (Å²) < 4.78 is 11.0. The Morgan fingerprint density at radius 1 is 0.598 bits per heavy atom. The predicted molar refractivity (Wildman–Crippen MR) is 322 cm³/mol. The van der Waals surface area contributed by atoms with Crippen LogP contribution in [0.15, 0.2) is 123 Å². The van der Waals surface area contributed by atoms with Crippen LogP contribution in [-0.4, -0.2) is 144 Å². The first-order chi connectivity index (χ1) is 39.4. The maximum absolute atomic E-state index is 12.8. The Labute approximate surface area is 482 Å². The highest BCUT2D eigenvalue weighted by Gasteiger charge is 2.29. The van der Waals surface area contributed by atoms with Crippen LogP contribution in [0.25, 0.3) is 23.3 Å². The Balaban J connectivity index is 0.000000181. The molecule has 12 rings (SSSR count). The summed E-state index contributed by atoms with van der Waals surface area (Å²) in [5, 5.41) is 8.35. The van der Waals surface area contributed by atoms with Crippen molar-refractivity contribution < 1.29 is 28.7 Å². The molecule has 0 atom stereocenters. The second kappa shape index (κ2) is 27.2. The molecule has 2 aromatic carbocycles. The van der Waals surface area contributed by atoms with Gasteiger partial charge >= 0.3 is 0 Å². The smallest absolute Gasteiger partial charge is 0.244 e. The molecule has 4 aromatic heterocycles. The van der Waals surface area contributed by atoms with Crippen molar-refractivity contribution in [2.75, 3.05) is 109 Å². The second-order valence-corrected chi connectivity index (χ2v) is 20.5. The van der Waals surface area contributed by atoms with Crippen LogP contribution in [0, 0.1) is 0 Å². The molecule has 6 aromatic rings. The number of nitrogens with two attached hydrogens (primary N) is 1. The lowest BCUT2D eigenvalue weighted by Gasteiger charge is -2.41. The molecule has 6 aliphatic rings. The molecular weight excluding hydrogens is 1060 g/mol. The molecule has 0 spiro atoms. The van der Waals surface area contributed by atoms with Crippen LogP contribution < -0.4 is 41.3 Å². The Morgan fingerprint density at radius 3 is 1.43 bits per heavy atom. The number of benzene rings is 2. The van der Waals surface area contributed by atoms with Crippen molar-refractivity contribution in [2.45, 2.75) is 45.2 Å². The number of hydrogen-bond acceptors (Lipinski definition) is 17. The number of carbonyl (C=O) groups excluding carboxylic acids is 4. The van der Waals surface area contributed by atoms with Crippen LogP contribution in [0.5, 0.6) is 0 Å². The number of rotatable bonds is 15. The summed E-state index contributed by atoms with van der Waals surface area (Å²) >= 11 is 4.71. The number of aromatic nitrogens is 6. The summed E-state index contributed by atoms with van der Waals surface area (Å²) in [4.78, 5) is 82.1. The third kappa shape index (κ3) is 14.6. The van der Waals surface area contributed by atoms with Crippen LogP contribution >= 0.6 is 11.6 Å². The summed E-state index contributed by atoms with van der Waals surface area (Å²) in [6, 6.07) is 24.0. The van der Waals surface area contributed by atoms with Gasteiger partial charge in [0.2, 0.25) is 23.0 Å². The molecule has 4 fully saturated rings. The number of ether oxygens (including phenoxy) is 2. The summed E-state index contributed by atoms with van der Waals surface area (Å²) in [6.07, 6.45) is 15.4. The van der Waals surface area contributed by atoms with Crippen molar-refractivity contribution in [3.05, 3.63) is 168 Å². The van der Waals surface area contributed by atoms with Gasteiger partial charge in [-0.3, -0.25) is 29.1 Å². The zero-order chi connectivity index (χ0) is 56.2. The van der Waals surface area contributed by atoms with Crippen molar-refractivity contribution in [3.8, 4) is 0 Å². The van der Waals surface area contributed by atoms with Crippen molar-refractivity contribution in [1.29, 1.82) is 0 Å². The number of anilines is 6. The molecule has 424 valence electrons. The van der Waals surface area contributed by atoms with E-state index in [0.29, 0.717) is 32.0 Å².